The first-order chi connectivity index (χ1) is 17.0. The molecule has 2 rings (SSSR count). The Bertz CT molecular complexity index is 1030. The third-order valence-electron chi connectivity index (χ3n) is 6.22. The molecule has 0 saturated carbocycles. The molecule has 2 aromatic rings. The molecule has 9 N–H and O–H groups in total. The van der Waals surface area contributed by atoms with Gasteiger partial charge in [0, 0.05) is 13.0 Å². The van der Waals surface area contributed by atoms with E-state index in [1.54, 1.807) is 38.1 Å². The molecule has 36 heavy (non-hydrogen) atoms. The molecule has 0 aliphatic carbocycles. The molecule has 1 amide bonds. The molecule has 0 aromatic heterocycles. The quantitative estimate of drug-likeness (QED) is 0.100. The van der Waals surface area contributed by atoms with E-state index in [4.69, 9.17) is 17.2 Å². The van der Waals surface area contributed by atoms with Crippen LogP contribution in [-0.4, -0.2) is 46.5 Å². The smallest absolute Gasteiger partial charge is 0.238 e. The predicted molar refractivity (Wildman–Crippen MR) is 142 cm³/mol. The average Bonchev–Trinajstić information content (AvgIpc) is 2.82. The van der Waals surface area contributed by atoms with Crippen molar-refractivity contribution < 1.29 is 19.8 Å². The number of hydrogen-bond acceptors (Lipinski definition) is 6. The Kier molecular flexibility index (Phi) is 10.7. The molecule has 0 aliphatic rings. The molecule has 0 unspecified atom stereocenters. The van der Waals surface area contributed by atoms with Gasteiger partial charge in [0.05, 0.1) is 11.6 Å². The fourth-order valence-corrected chi connectivity index (χ4v) is 4.27. The van der Waals surface area contributed by atoms with E-state index in [0.717, 1.165) is 36.7 Å². The van der Waals surface area contributed by atoms with Crippen molar-refractivity contribution in [3.05, 3.63) is 58.7 Å². The second-order valence-corrected chi connectivity index (χ2v) is 9.47. The van der Waals surface area contributed by atoms with Crippen LogP contribution in [0.25, 0.3) is 0 Å². The highest BCUT2D eigenvalue weighted by molar-refractivity contribution is 5.86. The minimum absolute atomic E-state index is 0.0702. The molecule has 0 bridgehead atoms. The third-order valence-corrected chi connectivity index (χ3v) is 6.22. The maximum Gasteiger partial charge on any atom is 0.238 e. The Balaban J connectivity index is 2.14. The van der Waals surface area contributed by atoms with Crippen LogP contribution in [0.2, 0.25) is 0 Å². The molecule has 2 atom stereocenters. The van der Waals surface area contributed by atoms with Gasteiger partial charge in [0.1, 0.15) is 17.8 Å². The van der Waals surface area contributed by atoms with Crippen LogP contribution < -0.4 is 22.5 Å². The molecule has 0 saturated heterocycles. The van der Waals surface area contributed by atoms with Crippen molar-refractivity contribution >= 4 is 18.2 Å². The van der Waals surface area contributed by atoms with Crippen LogP contribution >= 0.6 is 0 Å². The highest BCUT2D eigenvalue weighted by Crippen LogP contribution is 2.27. The average molecular weight is 498 g/mol. The number of nitrogens with zero attached hydrogens (tertiary/aromatic N) is 1. The number of nitrogens with one attached hydrogen (secondary N) is 1. The number of unbranched alkanes of at least 4 members (excludes halogenated alkanes) is 3. The molecular weight excluding hydrogens is 458 g/mol. The van der Waals surface area contributed by atoms with Gasteiger partial charge in [0.2, 0.25) is 5.91 Å². The number of hydrogen-bond donors (Lipinski definition) is 6. The summed E-state index contributed by atoms with van der Waals surface area (Å²) in [6, 6.07) is 9.30. The minimum Gasteiger partial charge on any atom is -0.508 e. The standard InChI is InChI=1S/C27H39N5O4/c1-18-13-21(14-19(2)24(18)35)16-27(17-33,11-5-3-4-6-12-31-26(29)30)32-25(36)23(28)15-20-7-9-22(34)10-8-20/h7-10,13-14,17,23,34-35H,3-6,11-12,15-16,28H2,1-2H3,(H,32,36)(H4,29,30,31)/t23-,27-/m0/s1. The zero-order valence-electron chi connectivity index (χ0n) is 21.2. The number of phenolic OH excluding ortho intramolecular Hbond substituents is 2. The zero-order valence-corrected chi connectivity index (χ0v) is 21.2. The van der Waals surface area contributed by atoms with Crippen molar-refractivity contribution in [1.82, 2.24) is 5.32 Å². The summed E-state index contributed by atoms with van der Waals surface area (Å²) >= 11 is 0. The SMILES string of the molecule is Cc1cc(C[C@](C=O)(CCCCCCN=C(N)N)NC(=O)[C@@H](N)Cc2ccc(O)cc2)cc(C)c1O. The normalized spacial score (nSPS) is 13.4. The molecule has 0 fully saturated rings. The summed E-state index contributed by atoms with van der Waals surface area (Å²) in [5.74, 6) is 0.00155. The van der Waals surface area contributed by atoms with Crippen molar-refractivity contribution in [2.45, 2.75) is 70.4 Å². The molecule has 2 aromatic carbocycles. The number of amides is 1. The summed E-state index contributed by atoms with van der Waals surface area (Å²) in [6.07, 6.45) is 5.06. The number of carbonyl (C=O) groups excluding carboxylic acids is 2. The Morgan fingerprint density at radius 2 is 1.64 bits per heavy atom. The summed E-state index contributed by atoms with van der Waals surface area (Å²) in [5, 5.41) is 22.5. The number of carbonyl (C=O) groups is 2. The maximum atomic E-state index is 13.1. The molecule has 0 spiro atoms. The summed E-state index contributed by atoms with van der Waals surface area (Å²) < 4.78 is 0. The number of aldehydes is 1. The van der Waals surface area contributed by atoms with Gasteiger partial charge in [-0.15, -0.1) is 0 Å². The Hall–Kier alpha value is -3.59. The summed E-state index contributed by atoms with van der Waals surface area (Å²) in [5.41, 5.74) is 18.8. The highest BCUT2D eigenvalue weighted by atomic mass is 16.3. The minimum atomic E-state index is -1.14. The van der Waals surface area contributed by atoms with Gasteiger partial charge < -0.3 is 37.5 Å². The largest absolute Gasteiger partial charge is 0.508 e. The first kappa shape index (κ1) is 28.6. The van der Waals surface area contributed by atoms with Crippen molar-refractivity contribution in [2.75, 3.05) is 6.54 Å². The van der Waals surface area contributed by atoms with E-state index in [0.29, 0.717) is 30.5 Å². The van der Waals surface area contributed by atoms with E-state index >= 15 is 0 Å². The lowest BCUT2D eigenvalue weighted by atomic mass is 9.85. The van der Waals surface area contributed by atoms with Crippen LogP contribution in [0.4, 0.5) is 0 Å². The van der Waals surface area contributed by atoms with Crippen LogP contribution in [0.15, 0.2) is 41.4 Å². The first-order valence-electron chi connectivity index (χ1n) is 12.2. The molecule has 0 aliphatic heterocycles. The Morgan fingerprint density at radius 3 is 2.22 bits per heavy atom. The second kappa shape index (κ2) is 13.5. The number of rotatable bonds is 14. The first-order valence-corrected chi connectivity index (χ1v) is 12.2. The number of phenols is 2. The fourth-order valence-electron chi connectivity index (χ4n) is 4.27. The van der Waals surface area contributed by atoms with Gasteiger partial charge >= 0.3 is 0 Å². The summed E-state index contributed by atoms with van der Waals surface area (Å²) in [6.45, 7) is 4.16. The molecule has 9 heteroatoms. The Labute approximate surface area is 212 Å². The Morgan fingerprint density at radius 1 is 1.03 bits per heavy atom. The number of aryl methyl sites for hydroxylation is 2. The number of benzene rings is 2. The van der Waals surface area contributed by atoms with Crippen LogP contribution in [0.1, 0.15) is 54.4 Å². The topological polar surface area (TPSA) is 177 Å². The van der Waals surface area contributed by atoms with E-state index in [1.165, 1.54) is 0 Å². The molecule has 196 valence electrons. The number of aliphatic imine (C=N–C) groups is 1. The molecule has 9 nitrogen and oxygen atoms in total. The van der Waals surface area contributed by atoms with E-state index in [-0.39, 0.29) is 30.3 Å². The zero-order chi connectivity index (χ0) is 26.7. The lowest BCUT2D eigenvalue weighted by Crippen LogP contribution is -2.56. The lowest BCUT2D eigenvalue weighted by molar-refractivity contribution is -0.128. The molecular formula is C27H39N5O4. The van der Waals surface area contributed by atoms with E-state index in [1.807, 2.05) is 12.1 Å². The predicted octanol–water partition coefficient (Wildman–Crippen LogP) is 2.10. The van der Waals surface area contributed by atoms with E-state index in [2.05, 4.69) is 10.3 Å². The van der Waals surface area contributed by atoms with Crippen LogP contribution in [0.3, 0.4) is 0 Å². The monoisotopic (exact) mass is 497 g/mol. The van der Waals surface area contributed by atoms with Gasteiger partial charge in [-0.05, 0) is 67.5 Å². The molecule has 0 radical (unpaired) electrons. The van der Waals surface area contributed by atoms with Crippen molar-refractivity contribution in [3.8, 4) is 11.5 Å². The van der Waals surface area contributed by atoms with Crippen molar-refractivity contribution in [3.63, 3.8) is 0 Å². The number of nitrogens with two attached hydrogens (primary N) is 3. The van der Waals surface area contributed by atoms with E-state index < -0.39 is 17.5 Å². The number of aromatic hydroxyl groups is 2. The second-order valence-electron chi connectivity index (χ2n) is 9.47. The van der Waals surface area contributed by atoms with Gasteiger partial charge in [-0.25, -0.2) is 0 Å². The molecule has 0 heterocycles. The van der Waals surface area contributed by atoms with Gasteiger partial charge in [0.15, 0.2) is 5.96 Å². The maximum absolute atomic E-state index is 13.1. The van der Waals surface area contributed by atoms with Crippen LogP contribution in [0, 0.1) is 13.8 Å². The lowest BCUT2D eigenvalue weighted by Gasteiger charge is -2.31. The van der Waals surface area contributed by atoms with Crippen LogP contribution in [0.5, 0.6) is 11.5 Å². The van der Waals surface area contributed by atoms with Crippen molar-refractivity contribution in [2.24, 2.45) is 22.2 Å². The van der Waals surface area contributed by atoms with Crippen molar-refractivity contribution in [1.29, 1.82) is 0 Å². The highest BCUT2D eigenvalue weighted by Gasteiger charge is 2.33. The van der Waals surface area contributed by atoms with E-state index in [9.17, 15) is 19.8 Å². The third kappa shape index (κ3) is 8.88. The van der Waals surface area contributed by atoms with Gasteiger partial charge in [-0.3, -0.25) is 9.79 Å². The van der Waals surface area contributed by atoms with Gasteiger partial charge in [0.25, 0.3) is 0 Å². The van der Waals surface area contributed by atoms with Gasteiger partial charge in [-0.1, -0.05) is 43.5 Å². The van der Waals surface area contributed by atoms with Gasteiger partial charge in [-0.2, -0.15) is 0 Å². The summed E-state index contributed by atoms with van der Waals surface area (Å²) in [4.78, 5) is 29.5. The fraction of sp³-hybridized carbons (Fsp3) is 0.444. The summed E-state index contributed by atoms with van der Waals surface area (Å²) in [7, 11) is 0. The number of guanidine groups is 1. The van der Waals surface area contributed by atoms with Crippen LogP contribution in [-0.2, 0) is 22.4 Å².